The van der Waals surface area contributed by atoms with Crippen molar-refractivity contribution in [2.75, 3.05) is 12.8 Å². The Balaban J connectivity index is 2.22. The first-order valence-corrected chi connectivity index (χ1v) is 5.08. The topological polar surface area (TPSA) is 94.0 Å². The standard InChI is InChI=1S/C12H10N4O2/c1-17-10-6-11(16-12(14)15-10)18-9-4-2-8(7-13)3-5-9/h2-6H,1H3,(H2,14,15,16). The summed E-state index contributed by atoms with van der Waals surface area (Å²) in [5, 5.41) is 8.68. The van der Waals surface area contributed by atoms with Crippen LogP contribution in [0.1, 0.15) is 5.56 Å². The first kappa shape index (κ1) is 11.7. The van der Waals surface area contributed by atoms with Crippen molar-refractivity contribution in [1.29, 1.82) is 5.26 Å². The van der Waals surface area contributed by atoms with Crippen LogP contribution in [0.2, 0.25) is 0 Å². The molecule has 0 amide bonds. The van der Waals surface area contributed by atoms with Crippen molar-refractivity contribution in [2.24, 2.45) is 0 Å². The molecule has 1 heterocycles. The Morgan fingerprint density at radius 3 is 2.44 bits per heavy atom. The van der Waals surface area contributed by atoms with Crippen LogP contribution < -0.4 is 15.2 Å². The molecule has 0 bridgehead atoms. The number of methoxy groups -OCH3 is 1. The van der Waals surface area contributed by atoms with Crippen molar-refractivity contribution in [1.82, 2.24) is 9.97 Å². The van der Waals surface area contributed by atoms with Gasteiger partial charge in [-0.3, -0.25) is 0 Å². The highest BCUT2D eigenvalue weighted by atomic mass is 16.5. The zero-order chi connectivity index (χ0) is 13.0. The lowest BCUT2D eigenvalue weighted by molar-refractivity contribution is 0.389. The summed E-state index contributed by atoms with van der Waals surface area (Å²) in [5.41, 5.74) is 6.07. The van der Waals surface area contributed by atoms with Gasteiger partial charge in [0.15, 0.2) is 0 Å². The van der Waals surface area contributed by atoms with Crippen LogP contribution in [0.5, 0.6) is 17.5 Å². The second-order valence-corrected chi connectivity index (χ2v) is 3.34. The quantitative estimate of drug-likeness (QED) is 0.880. The Hall–Kier alpha value is -2.81. The van der Waals surface area contributed by atoms with E-state index in [0.717, 1.165) is 0 Å². The fourth-order valence-corrected chi connectivity index (χ4v) is 1.30. The highest BCUT2D eigenvalue weighted by Crippen LogP contribution is 2.23. The van der Waals surface area contributed by atoms with Gasteiger partial charge in [0.05, 0.1) is 24.8 Å². The van der Waals surface area contributed by atoms with Crippen molar-refractivity contribution in [3.63, 3.8) is 0 Å². The molecule has 0 spiro atoms. The molecule has 0 atom stereocenters. The number of nitrogen functional groups attached to an aromatic ring is 1. The zero-order valence-electron chi connectivity index (χ0n) is 9.62. The second kappa shape index (κ2) is 5.01. The van der Waals surface area contributed by atoms with E-state index in [1.807, 2.05) is 6.07 Å². The Bertz CT molecular complexity index is 590. The van der Waals surface area contributed by atoms with Gasteiger partial charge in [-0.05, 0) is 24.3 Å². The SMILES string of the molecule is COc1cc(Oc2ccc(C#N)cc2)nc(N)n1. The summed E-state index contributed by atoms with van der Waals surface area (Å²) in [6.45, 7) is 0. The average Bonchev–Trinajstić information content (AvgIpc) is 2.39. The van der Waals surface area contributed by atoms with Gasteiger partial charge in [0.25, 0.3) is 0 Å². The number of rotatable bonds is 3. The number of hydrogen-bond donors (Lipinski definition) is 1. The lowest BCUT2D eigenvalue weighted by Gasteiger charge is -2.06. The second-order valence-electron chi connectivity index (χ2n) is 3.34. The van der Waals surface area contributed by atoms with Crippen LogP contribution >= 0.6 is 0 Å². The van der Waals surface area contributed by atoms with Crippen LogP contribution in [-0.2, 0) is 0 Å². The number of nitrogens with two attached hydrogens (primary N) is 1. The molecule has 1 aromatic carbocycles. The van der Waals surface area contributed by atoms with Crippen molar-refractivity contribution in [3.8, 4) is 23.6 Å². The number of anilines is 1. The third-order valence-corrected chi connectivity index (χ3v) is 2.11. The highest BCUT2D eigenvalue weighted by molar-refractivity contribution is 5.37. The van der Waals surface area contributed by atoms with E-state index in [1.165, 1.54) is 13.2 Å². The summed E-state index contributed by atoms with van der Waals surface area (Å²) in [4.78, 5) is 7.76. The van der Waals surface area contributed by atoms with E-state index < -0.39 is 0 Å². The van der Waals surface area contributed by atoms with Crippen LogP contribution in [0.3, 0.4) is 0 Å². The summed E-state index contributed by atoms with van der Waals surface area (Å²) in [6.07, 6.45) is 0. The van der Waals surface area contributed by atoms with E-state index in [9.17, 15) is 0 Å². The first-order chi connectivity index (χ1) is 8.71. The molecule has 0 aliphatic rings. The largest absolute Gasteiger partial charge is 0.481 e. The molecule has 18 heavy (non-hydrogen) atoms. The molecule has 6 heteroatoms. The van der Waals surface area contributed by atoms with Crippen molar-refractivity contribution < 1.29 is 9.47 Å². The molecule has 0 aliphatic heterocycles. The van der Waals surface area contributed by atoms with Gasteiger partial charge < -0.3 is 15.2 Å². The molecule has 0 saturated heterocycles. The fraction of sp³-hybridized carbons (Fsp3) is 0.0833. The molecule has 0 saturated carbocycles. The van der Waals surface area contributed by atoms with Gasteiger partial charge in [-0.25, -0.2) is 0 Å². The van der Waals surface area contributed by atoms with Gasteiger partial charge in [-0.2, -0.15) is 15.2 Å². The maximum Gasteiger partial charge on any atom is 0.227 e. The monoisotopic (exact) mass is 242 g/mol. The molecule has 0 radical (unpaired) electrons. The van der Waals surface area contributed by atoms with Gasteiger partial charge in [-0.15, -0.1) is 0 Å². The Morgan fingerprint density at radius 1 is 1.17 bits per heavy atom. The summed E-state index contributed by atoms with van der Waals surface area (Å²) < 4.78 is 10.4. The summed E-state index contributed by atoms with van der Waals surface area (Å²) in [7, 11) is 1.48. The van der Waals surface area contributed by atoms with E-state index in [1.54, 1.807) is 24.3 Å². The number of ether oxygens (including phenoxy) is 2. The van der Waals surface area contributed by atoms with Crippen molar-refractivity contribution in [2.45, 2.75) is 0 Å². The van der Waals surface area contributed by atoms with Crippen LogP contribution in [0.4, 0.5) is 5.95 Å². The number of benzene rings is 1. The van der Waals surface area contributed by atoms with Crippen LogP contribution in [-0.4, -0.2) is 17.1 Å². The number of nitriles is 1. The van der Waals surface area contributed by atoms with Gasteiger partial charge in [0, 0.05) is 0 Å². The minimum Gasteiger partial charge on any atom is -0.481 e. The minimum absolute atomic E-state index is 0.0676. The predicted molar refractivity (Wildman–Crippen MR) is 64.2 cm³/mol. The Labute approximate surface area is 104 Å². The smallest absolute Gasteiger partial charge is 0.227 e. The van der Waals surface area contributed by atoms with E-state index in [2.05, 4.69) is 9.97 Å². The first-order valence-electron chi connectivity index (χ1n) is 5.08. The van der Waals surface area contributed by atoms with Crippen LogP contribution in [0.25, 0.3) is 0 Å². The zero-order valence-corrected chi connectivity index (χ0v) is 9.62. The number of aromatic nitrogens is 2. The van der Waals surface area contributed by atoms with Crippen molar-refractivity contribution >= 4 is 5.95 Å². The maximum atomic E-state index is 8.68. The molecule has 2 aromatic rings. The molecular formula is C12H10N4O2. The number of nitrogens with zero attached hydrogens (tertiary/aromatic N) is 3. The third-order valence-electron chi connectivity index (χ3n) is 2.11. The van der Waals surface area contributed by atoms with Gasteiger partial charge in [0.1, 0.15) is 5.75 Å². The van der Waals surface area contributed by atoms with Gasteiger partial charge >= 0.3 is 0 Å². The average molecular weight is 242 g/mol. The molecule has 1 aromatic heterocycles. The lowest BCUT2D eigenvalue weighted by atomic mass is 10.2. The van der Waals surface area contributed by atoms with Crippen LogP contribution in [0.15, 0.2) is 30.3 Å². The van der Waals surface area contributed by atoms with E-state index in [-0.39, 0.29) is 11.8 Å². The molecule has 0 unspecified atom stereocenters. The molecular weight excluding hydrogens is 232 g/mol. The fourth-order valence-electron chi connectivity index (χ4n) is 1.30. The summed E-state index contributed by atoms with van der Waals surface area (Å²) in [5.74, 6) is 1.22. The predicted octanol–water partition coefficient (Wildman–Crippen LogP) is 1.73. The minimum atomic E-state index is 0.0676. The molecule has 0 aliphatic carbocycles. The molecule has 2 N–H and O–H groups in total. The summed E-state index contributed by atoms with van der Waals surface area (Å²) in [6, 6.07) is 10.2. The van der Waals surface area contributed by atoms with E-state index >= 15 is 0 Å². The molecule has 90 valence electrons. The molecule has 6 nitrogen and oxygen atoms in total. The van der Waals surface area contributed by atoms with Gasteiger partial charge in [0.2, 0.25) is 17.7 Å². The normalized spacial score (nSPS) is 9.56. The lowest BCUT2D eigenvalue weighted by Crippen LogP contribution is -1.99. The van der Waals surface area contributed by atoms with E-state index in [4.69, 9.17) is 20.5 Å². The van der Waals surface area contributed by atoms with E-state index in [0.29, 0.717) is 17.2 Å². The third kappa shape index (κ3) is 2.65. The molecule has 2 rings (SSSR count). The van der Waals surface area contributed by atoms with Crippen LogP contribution in [0, 0.1) is 11.3 Å². The van der Waals surface area contributed by atoms with Crippen molar-refractivity contribution in [3.05, 3.63) is 35.9 Å². The highest BCUT2D eigenvalue weighted by Gasteiger charge is 2.04. The maximum absolute atomic E-state index is 8.68. The van der Waals surface area contributed by atoms with Gasteiger partial charge in [-0.1, -0.05) is 0 Å². The summed E-state index contributed by atoms with van der Waals surface area (Å²) >= 11 is 0. The Morgan fingerprint density at radius 2 is 1.83 bits per heavy atom. The molecule has 0 fully saturated rings. The Kier molecular flexibility index (Phi) is 3.25. The number of hydrogen-bond acceptors (Lipinski definition) is 6.